The van der Waals surface area contributed by atoms with Crippen LogP contribution >= 0.6 is 11.8 Å². The Morgan fingerprint density at radius 2 is 1.74 bits per heavy atom. The SMILES string of the molecule is O=C(NC12CC3CC(CC(C3)C1)C2)c1ccc(CN2CCSCC2)[nH]c1=O. The van der Waals surface area contributed by atoms with Crippen LogP contribution in [0.5, 0.6) is 0 Å². The molecular weight excluding hydrogens is 358 g/mol. The van der Waals surface area contributed by atoms with Crippen LogP contribution in [-0.4, -0.2) is 45.9 Å². The fourth-order valence-corrected chi connectivity index (χ4v) is 7.34. The molecule has 5 nitrogen and oxygen atoms in total. The Morgan fingerprint density at radius 1 is 1.11 bits per heavy atom. The lowest BCUT2D eigenvalue weighted by atomic mass is 9.53. The molecular formula is C21H29N3O2S. The van der Waals surface area contributed by atoms with E-state index < -0.39 is 0 Å². The predicted octanol–water partition coefficient (Wildman–Crippen LogP) is 2.62. The number of thioether (sulfide) groups is 1. The van der Waals surface area contributed by atoms with Crippen LogP contribution in [0.15, 0.2) is 16.9 Å². The Bertz CT molecular complexity index is 749. The number of nitrogens with zero attached hydrogens (tertiary/aromatic N) is 1. The molecule has 1 aromatic rings. The lowest BCUT2D eigenvalue weighted by Gasteiger charge is -2.56. The molecule has 4 bridgehead atoms. The van der Waals surface area contributed by atoms with Crippen molar-refractivity contribution in [2.75, 3.05) is 24.6 Å². The minimum Gasteiger partial charge on any atom is -0.346 e. The number of hydrogen-bond donors (Lipinski definition) is 2. The number of nitrogens with one attached hydrogen (secondary N) is 2. The van der Waals surface area contributed by atoms with E-state index in [4.69, 9.17) is 0 Å². The molecule has 1 saturated heterocycles. The van der Waals surface area contributed by atoms with Crippen molar-refractivity contribution >= 4 is 17.7 Å². The molecule has 5 fully saturated rings. The first-order valence-corrected chi connectivity index (χ1v) is 11.6. The zero-order valence-corrected chi connectivity index (χ0v) is 16.7. The molecule has 2 N–H and O–H groups in total. The van der Waals surface area contributed by atoms with Crippen molar-refractivity contribution in [1.82, 2.24) is 15.2 Å². The fraction of sp³-hybridized carbons (Fsp3) is 0.714. The molecule has 0 spiro atoms. The van der Waals surface area contributed by atoms with Crippen molar-refractivity contribution in [3.05, 3.63) is 33.7 Å². The summed E-state index contributed by atoms with van der Waals surface area (Å²) in [5.41, 5.74) is 0.866. The molecule has 1 aromatic heterocycles. The summed E-state index contributed by atoms with van der Waals surface area (Å²) >= 11 is 1.98. The minimum absolute atomic E-state index is 0.0532. The van der Waals surface area contributed by atoms with E-state index in [1.807, 2.05) is 17.8 Å². The van der Waals surface area contributed by atoms with Crippen molar-refractivity contribution in [3.8, 4) is 0 Å². The smallest absolute Gasteiger partial charge is 0.261 e. The molecule has 2 heterocycles. The lowest BCUT2D eigenvalue weighted by molar-refractivity contribution is -0.0167. The van der Waals surface area contributed by atoms with Gasteiger partial charge in [-0.2, -0.15) is 11.8 Å². The first-order valence-electron chi connectivity index (χ1n) is 10.4. The van der Waals surface area contributed by atoms with Crippen LogP contribution in [0.4, 0.5) is 0 Å². The quantitative estimate of drug-likeness (QED) is 0.834. The summed E-state index contributed by atoms with van der Waals surface area (Å²) in [4.78, 5) is 30.8. The summed E-state index contributed by atoms with van der Waals surface area (Å²) in [6.45, 7) is 2.87. The van der Waals surface area contributed by atoms with E-state index >= 15 is 0 Å². The molecule has 27 heavy (non-hydrogen) atoms. The molecule has 146 valence electrons. The van der Waals surface area contributed by atoms with Crippen molar-refractivity contribution in [2.24, 2.45) is 17.8 Å². The second-order valence-electron chi connectivity index (χ2n) is 9.27. The number of amides is 1. The highest BCUT2D eigenvalue weighted by Crippen LogP contribution is 2.55. The van der Waals surface area contributed by atoms with Crippen molar-refractivity contribution in [1.29, 1.82) is 0 Å². The predicted molar refractivity (Wildman–Crippen MR) is 108 cm³/mol. The molecule has 1 aliphatic heterocycles. The van der Waals surface area contributed by atoms with Crippen LogP contribution in [0.1, 0.15) is 54.6 Å². The lowest BCUT2D eigenvalue weighted by Crippen LogP contribution is -2.60. The van der Waals surface area contributed by atoms with E-state index in [0.29, 0.717) is 0 Å². The highest BCUT2D eigenvalue weighted by Gasteiger charge is 2.51. The summed E-state index contributed by atoms with van der Waals surface area (Å²) in [6, 6.07) is 3.64. The third kappa shape index (κ3) is 3.58. The second kappa shape index (κ2) is 6.96. The molecule has 4 saturated carbocycles. The molecule has 0 unspecified atom stereocenters. The zero-order chi connectivity index (χ0) is 18.4. The van der Waals surface area contributed by atoms with Crippen LogP contribution in [0, 0.1) is 17.8 Å². The van der Waals surface area contributed by atoms with Gasteiger partial charge in [-0.1, -0.05) is 0 Å². The van der Waals surface area contributed by atoms with E-state index in [-0.39, 0.29) is 22.6 Å². The number of carbonyl (C=O) groups excluding carboxylic acids is 1. The summed E-state index contributed by atoms with van der Waals surface area (Å²) < 4.78 is 0. The topological polar surface area (TPSA) is 65.2 Å². The standard InChI is InChI=1S/C21H29N3O2S/c25-19-18(2-1-17(22-19)13-24-3-5-27-6-4-24)20(26)23-21-10-14-7-15(11-21)9-16(8-14)12-21/h1-2,14-16H,3-13H2,(H,22,25)(H,23,26). The highest BCUT2D eigenvalue weighted by atomic mass is 32.2. The van der Waals surface area contributed by atoms with E-state index in [0.717, 1.165) is 73.9 Å². The van der Waals surface area contributed by atoms with Gasteiger partial charge in [-0.25, -0.2) is 0 Å². The average molecular weight is 388 g/mol. The van der Waals surface area contributed by atoms with Gasteiger partial charge in [0.15, 0.2) is 0 Å². The van der Waals surface area contributed by atoms with Gasteiger partial charge in [0, 0.05) is 42.4 Å². The Balaban J connectivity index is 1.28. The molecule has 4 aliphatic carbocycles. The number of pyridine rings is 1. The number of aromatic nitrogens is 1. The van der Waals surface area contributed by atoms with Gasteiger partial charge in [-0.3, -0.25) is 14.5 Å². The number of aromatic amines is 1. The maximum absolute atomic E-state index is 12.9. The number of hydrogen-bond acceptors (Lipinski definition) is 4. The van der Waals surface area contributed by atoms with Gasteiger partial charge < -0.3 is 10.3 Å². The van der Waals surface area contributed by atoms with Crippen LogP contribution in [-0.2, 0) is 6.54 Å². The zero-order valence-electron chi connectivity index (χ0n) is 15.8. The summed E-state index contributed by atoms with van der Waals surface area (Å²) in [6.07, 6.45) is 7.35. The molecule has 0 radical (unpaired) electrons. The van der Waals surface area contributed by atoms with E-state index in [9.17, 15) is 9.59 Å². The first kappa shape index (κ1) is 17.8. The van der Waals surface area contributed by atoms with E-state index in [1.54, 1.807) is 6.07 Å². The van der Waals surface area contributed by atoms with E-state index in [1.165, 1.54) is 19.3 Å². The third-order valence-electron chi connectivity index (χ3n) is 7.13. The molecule has 1 amide bonds. The normalized spacial score (nSPS) is 35.3. The van der Waals surface area contributed by atoms with Gasteiger partial charge in [0.2, 0.25) is 0 Å². The van der Waals surface area contributed by atoms with Crippen LogP contribution in [0.3, 0.4) is 0 Å². The van der Waals surface area contributed by atoms with Crippen LogP contribution in [0.2, 0.25) is 0 Å². The Kier molecular flexibility index (Phi) is 4.59. The molecule has 5 aliphatic rings. The number of rotatable bonds is 4. The van der Waals surface area contributed by atoms with Gasteiger partial charge in [-0.15, -0.1) is 0 Å². The maximum Gasteiger partial charge on any atom is 0.261 e. The average Bonchev–Trinajstić information content (AvgIpc) is 2.61. The number of H-pyrrole nitrogens is 1. The van der Waals surface area contributed by atoms with Gasteiger partial charge >= 0.3 is 0 Å². The first-order chi connectivity index (χ1) is 13.1. The number of carbonyl (C=O) groups is 1. The third-order valence-corrected chi connectivity index (χ3v) is 8.07. The van der Waals surface area contributed by atoms with Gasteiger partial charge in [0.05, 0.1) is 0 Å². The van der Waals surface area contributed by atoms with Gasteiger partial charge in [0.25, 0.3) is 11.5 Å². The summed E-state index contributed by atoms with van der Waals surface area (Å²) in [7, 11) is 0. The van der Waals surface area contributed by atoms with Crippen LogP contribution < -0.4 is 10.9 Å². The highest BCUT2D eigenvalue weighted by molar-refractivity contribution is 7.99. The minimum atomic E-state index is -0.249. The van der Waals surface area contributed by atoms with E-state index in [2.05, 4.69) is 15.2 Å². The molecule has 0 aromatic carbocycles. The molecule has 0 atom stereocenters. The van der Waals surface area contributed by atoms with Crippen molar-refractivity contribution in [2.45, 2.75) is 50.6 Å². The Hall–Kier alpha value is -1.27. The maximum atomic E-state index is 12.9. The second-order valence-corrected chi connectivity index (χ2v) is 10.5. The van der Waals surface area contributed by atoms with Crippen LogP contribution in [0.25, 0.3) is 0 Å². The van der Waals surface area contributed by atoms with Crippen molar-refractivity contribution < 1.29 is 4.79 Å². The fourth-order valence-electron chi connectivity index (χ4n) is 6.36. The van der Waals surface area contributed by atoms with Gasteiger partial charge in [0.1, 0.15) is 5.56 Å². The summed E-state index contributed by atoms with van der Waals surface area (Å²) in [5.74, 6) is 4.45. The largest absolute Gasteiger partial charge is 0.346 e. The Labute approximate surface area is 164 Å². The Morgan fingerprint density at radius 3 is 2.33 bits per heavy atom. The van der Waals surface area contributed by atoms with Gasteiger partial charge in [-0.05, 0) is 68.4 Å². The molecule has 6 heteroatoms. The monoisotopic (exact) mass is 387 g/mol. The summed E-state index contributed by atoms with van der Waals surface area (Å²) in [5, 5.41) is 3.31. The van der Waals surface area contributed by atoms with Crippen molar-refractivity contribution in [3.63, 3.8) is 0 Å². The molecule has 6 rings (SSSR count).